The minimum absolute atomic E-state index is 0.152. The summed E-state index contributed by atoms with van der Waals surface area (Å²) in [5.41, 5.74) is 5.88. The number of Topliss-reactive ketones (excluding diaryl/α,β-unsaturated/α-hetero) is 1. The fourth-order valence-electron chi connectivity index (χ4n) is 4.41. The maximum atomic E-state index is 14.0. The van der Waals surface area contributed by atoms with Gasteiger partial charge in [-0.3, -0.25) is 9.59 Å². The number of carbonyl (C=O) groups is 2. The molecule has 0 radical (unpaired) electrons. The second kappa shape index (κ2) is 22.1. The Labute approximate surface area is 257 Å². The number of allylic oxidation sites excluding steroid dienone is 12. The molecule has 0 saturated heterocycles. The zero-order chi connectivity index (χ0) is 32.1. The third-order valence-electron chi connectivity index (χ3n) is 7.28. The molecular formula is C37H60O5. The first kappa shape index (κ1) is 39.5. The molecule has 5 nitrogen and oxygen atoms in total. The minimum atomic E-state index is -1.39. The molecule has 0 aliphatic carbocycles. The van der Waals surface area contributed by atoms with E-state index in [0.29, 0.717) is 6.42 Å². The predicted octanol–water partition coefficient (Wildman–Crippen LogP) is 9.08. The summed E-state index contributed by atoms with van der Waals surface area (Å²) in [6.45, 7) is 17.8. The maximum Gasteiger partial charge on any atom is 0.320 e. The molecule has 238 valence electrons. The lowest BCUT2D eigenvalue weighted by Gasteiger charge is -2.29. The summed E-state index contributed by atoms with van der Waals surface area (Å²) in [5, 5.41) is 19.1. The molecule has 0 fully saturated rings. The molecule has 0 saturated carbocycles. The van der Waals surface area contributed by atoms with Gasteiger partial charge in [-0.25, -0.2) is 0 Å². The van der Waals surface area contributed by atoms with Crippen LogP contribution in [0.25, 0.3) is 0 Å². The average molecular weight is 585 g/mol. The third-order valence-corrected chi connectivity index (χ3v) is 7.28. The van der Waals surface area contributed by atoms with Gasteiger partial charge >= 0.3 is 5.97 Å². The van der Waals surface area contributed by atoms with Gasteiger partial charge in [0.1, 0.15) is 18.1 Å². The largest absolute Gasteiger partial charge is 0.462 e. The van der Waals surface area contributed by atoms with Gasteiger partial charge in [-0.1, -0.05) is 69.9 Å². The molecule has 42 heavy (non-hydrogen) atoms. The lowest BCUT2D eigenvalue weighted by molar-refractivity contribution is -0.163. The molecular weight excluding hydrogens is 524 g/mol. The van der Waals surface area contributed by atoms with Crippen molar-refractivity contribution in [3.05, 3.63) is 69.9 Å². The zero-order valence-corrected chi connectivity index (χ0v) is 28.1. The fraction of sp³-hybridized carbons (Fsp3) is 0.622. The highest BCUT2D eigenvalue weighted by Gasteiger charge is 2.45. The summed E-state index contributed by atoms with van der Waals surface area (Å²) in [7, 11) is 0. The molecule has 0 heterocycles. The standard InChI is InChI=1S/C37H60O5/c1-28(2)14-10-17-31(7)20-13-21-35(40)37(36(41)42-27-34(39)26-38,24-22-32(8)18-11-15-29(3)4)25-23-33(9)19-12-16-30(5)6/h14-16,20,22-23,34,38-39H,10-13,17-19,21,24-27H2,1-9H3/b31-20+,32-22-,33-23+. The van der Waals surface area contributed by atoms with Gasteiger partial charge in [-0.05, 0) is 120 Å². The van der Waals surface area contributed by atoms with E-state index in [0.717, 1.165) is 49.7 Å². The van der Waals surface area contributed by atoms with Gasteiger partial charge in [0.05, 0.1) is 6.61 Å². The lowest BCUT2D eigenvalue weighted by Crippen LogP contribution is -2.41. The first-order valence-corrected chi connectivity index (χ1v) is 15.6. The van der Waals surface area contributed by atoms with Gasteiger partial charge in [-0.2, -0.15) is 0 Å². The van der Waals surface area contributed by atoms with E-state index in [1.165, 1.54) is 22.3 Å². The van der Waals surface area contributed by atoms with Crippen molar-refractivity contribution in [2.24, 2.45) is 5.41 Å². The van der Waals surface area contributed by atoms with Gasteiger partial charge in [0.25, 0.3) is 0 Å². The predicted molar refractivity (Wildman–Crippen MR) is 177 cm³/mol. The first-order chi connectivity index (χ1) is 19.7. The molecule has 0 aromatic heterocycles. The van der Waals surface area contributed by atoms with Crippen LogP contribution in [-0.4, -0.2) is 41.3 Å². The Morgan fingerprint density at radius 3 is 1.38 bits per heavy atom. The molecule has 0 aromatic rings. The van der Waals surface area contributed by atoms with Crippen LogP contribution in [0.3, 0.4) is 0 Å². The topological polar surface area (TPSA) is 83.8 Å². The van der Waals surface area contributed by atoms with E-state index in [2.05, 4.69) is 72.8 Å². The van der Waals surface area contributed by atoms with Crippen LogP contribution in [0.4, 0.5) is 0 Å². The summed E-state index contributed by atoms with van der Waals surface area (Å²) in [5.74, 6) is -0.785. The molecule has 0 amide bonds. The van der Waals surface area contributed by atoms with Crippen molar-refractivity contribution in [2.75, 3.05) is 13.2 Å². The van der Waals surface area contributed by atoms with Crippen LogP contribution >= 0.6 is 0 Å². The summed E-state index contributed by atoms with van der Waals surface area (Å²) >= 11 is 0. The van der Waals surface area contributed by atoms with Crippen molar-refractivity contribution in [1.29, 1.82) is 0 Å². The Morgan fingerprint density at radius 2 is 1.00 bits per heavy atom. The Morgan fingerprint density at radius 1 is 0.619 bits per heavy atom. The van der Waals surface area contributed by atoms with E-state index in [4.69, 9.17) is 4.74 Å². The van der Waals surface area contributed by atoms with Crippen molar-refractivity contribution < 1.29 is 24.5 Å². The van der Waals surface area contributed by atoms with Gasteiger partial charge < -0.3 is 14.9 Å². The van der Waals surface area contributed by atoms with E-state index in [1.54, 1.807) is 0 Å². The highest BCUT2D eigenvalue weighted by molar-refractivity contribution is 6.04. The highest BCUT2D eigenvalue weighted by atomic mass is 16.5. The average Bonchev–Trinajstić information content (AvgIpc) is 2.91. The minimum Gasteiger partial charge on any atom is -0.462 e. The summed E-state index contributed by atoms with van der Waals surface area (Å²) in [4.78, 5) is 27.7. The van der Waals surface area contributed by atoms with Crippen molar-refractivity contribution in [3.8, 4) is 0 Å². The van der Waals surface area contributed by atoms with Gasteiger partial charge in [0.15, 0.2) is 5.78 Å². The molecule has 0 aliphatic heterocycles. The highest BCUT2D eigenvalue weighted by Crippen LogP contribution is 2.35. The van der Waals surface area contributed by atoms with Crippen molar-refractivity contribution >= 4 is 11.8 Å². The van der Waals surface area contributed by atoms with E-state index in [9.17, 15) is 19.8 Å². The van der Waals surface area contributed by atoms with E-state index >= 15 is 0 Å². The quantitative estimate of drug-likeness (QED) is 0.0799. The van der Waals surface area contributed by atoms with Crippen LogP contribution in [0.15, 0.2) is 69.9 Å². The van der Waals surface area contributed by atoms with Gasteiger partial charge in [0, 0.05) is 6.42 Å². The van der Waals surface area contributed by atoms with Crippen molar-refractivity contribution in [3.63, 3.8) is 0 Å². The number of carbonyl (C=O) groups excluding carboxylic acids is 2. The summed E-state index contributed by atoms with van der Waals surface area (Å²) in [6.07, 6.45) is 18.2. The number of ether oxygens (including phenoxy) is 1. The van der Waals surface area contributed by atoms with E-state index in [-0.39, 0.29) is 31.7 Å². The number of rotatable bonds is 21. The SMILES string of the molecule is CC(C)=CCC/C(C)=C\CC(C/C=C(\C)CCC=C(C)C)(C(=O)CC/C=C(\C)CCC=C(C)C)C(=O)OCC(O)CO. The smallest absolute Gasteiger partial charge is 0.320 e. The molecule has 2 atom stereocenters. The van der Waals surface area contributed by atoms with Crippen LogP contribution in [0.5, 0.6) is 0 Å². The Bertz CT molecular complexity index is 967. The van der Waals surface area contributed by atoms with Crippen LogP contribution < -0.4 is 0 Å². The molecule has 2 N–H and O–H groups in total. The zero-order valence-electron chi connectivity index (χ0n) is 28.1. The number of aliphatic hydroxyl groups excluding tert-OH is 2. The second-order valence-corrected chi connectivity index (χ2v) is 12.5. The normalized spacial score (nSPS) is 14.5. The van der Waals surface area contributed by atoms with Crippen LogP contribution in [0.2, 0.25) is 0 Å². The molecule has 0 bridgehead atoms. The van der Waals surface area contributed by atoms with Crippen LogP contribution in [0, 0.1) is 5.41 Å². The van der Waals surface area contributed by atoms with E-state index in [1.807, 2.05) is 26.0 Å². The number of hydrogen-bond donors (Lipinski definition) is 2. The summed E-state index contributed by atoms with van der Waals surface area (Å²) < 4.78 is 5.50. The molecule has 5 heteroatoms. The Hall–Kier alpha value is -2.50. The molecule has 0 aliphatic rings. The molecule has 0 rings (SSSR count). The Kier molecular flexibility index (Phi) is 20.8. The van der Waals surface area contributed by atoms with Crippen molar-refractivity contribution in [2.45, 2.75) is 133 Å². The van der Waals surface area contributed by atoms with Gasteiger partial charge in [0.2, 0.25) is 0 Å². The Balaban J connectivity index is 6.26. The van der Waals surface area contributed by atoms with Crippen LogP contribution in [-0.2, 0) is 14.3 Å². The first-order valence-electron chi connectivity index (χ1n) is 15.6. The molecule has 0 aromatic carbocycles. The lowest BCUT2D eigenvalue weighted by atomic mass is 9.74. The molecule has 2 unspecified atom stereocenters. The van der Waals surface area contributed by atoms with E-state index < -0.39 is 24.1 Å². The maximum absolute atomic E-state index is 14.0. The van der Waals surface area contributed by atoms with Crippen LogP contribution in [0.1, 0.15) is 127 Å². The van der Waals surface area contributed by atoms with Gasteiger partial charge in [-0.15, -0.1) is 0 Å². The molecule has 0 spiro atoms. The number of esters is 1. The fourth-order valence-corrected chi connectivity index (χ4v) is 4.41. The second-order valence-electron chi connectivity index (χ2n) is 12.5. The number of ketones is 1. The number of aliphatic hydroxyl groups is 2. The number of hydrogen-bond acceptors (Lipinski definition) is 5. The summed E-state index contributed by atoms with van der Waals surface area (Å²) in [6, 6.07) is 0. The monoisotopic (exact) mass is 584 g/mol. The third kappa shape index (κ3) is 18.1. The van der Waals surface area contributed by atoms with Crippen molar-refractivity contribution in [1.82, 2.24) is 0 Å².